The largest absolute Gasteiger partial charge is 0.417 e. The van der Waals surface area contributed by atoms with E-state index < -0.39 is 17.6 Å². The highest BCUT2D eigenvalue weighted by Gasteiger charge is 2.34. The number of imidazole rings is 1. The van der Waals surface area contributed by atoms with Crippen molar-refractivity contribution in [3.63, 3.8) is 0 Å². The number of nitrogens with one attached hydrogen (secondary N) is 1. The number of nitrogens with zero attached hydrogens (tertiary/aromatic N) is 4. The second-order valence-corrected chi connectivity index (χ2v) is 7.40. The van der Waals surface area contributed by atoms with Crippen molar-refractivity contribution in [3.8, 4) is 11.3 Å². The average Bonchev–Trinajstić information content (AvgIpc) is 3.28. The van der Waals surface area contributed by atoms with E-state index in [1.807, 2.05) is 0 Å². The van der Waals surface area contributed by atoms with Gasteiger partial charge in [-0.05, 0) is 31.5 Å². The van der Waals surface area contributed by atoms with Crippen LogP contribution in [0.2, 0.25) is 0 Å². The number of aryl methyl sites for hydroxylation is 2. The molecule has 0 aliphatic carbocycles. The third kappa shape index (κ3) is 3.58. The number of hydrogen-bond acceptors (Lipinski definition) is 5. The number of aromatic nitrogens is 4. The predicted octanol–water partition coefficient (Wildman–Crippen LogP) is 4.74. The van der Waals surface area contributed by atoms with Crippen LogP contribution in [0.3, 0.4) is 0 Å². The second-order valence-electron chi connectivity index (χ2n) is 6.34. The van der Waals surface area contributed by atoms with Gasteiger partial charge in [-0.15, -0.1) is 11.3 Å². The summed E-state index contributed by atoms with van der Waals surface area (Å²) in [6.45, 7) is 3.50. The molecule has 3 aromatic heterocycles. The summed E-state index contributed by atoms with van der Waals surface area (Å²) in [5.74, 6) is -0.207. The lowest BCUT2D eigenvalue weighted by Gasteiger charge is -2.13. The Morgan fingerprint density at radius 1 is 1.21 bits per heavy atom. The van der Waals surface area contributed by atoms with Gasteiger partial charge in [0.1, 0.15) is 5.69 Å². The lowest BCUT2D eigenvalue weighted by atomic mass is 10.0. The molecular weight excluding hydrogens is 403 g/mol. The van der Waals surface area contributed by atoms with Crippen LogP contribution >= 0.6 is 11.3 Å². The third-order valence-corrected chi connectivity index (χ3v) is 5.03. The molecule has 3 heterocycles. The summed E-state index contributed by atoms with van der Waals surface area (Å²) in [7, 11) is 0. The lowest BCUT2D eigenvalue weighted by molar-refractivity contribution is -0.137. The van der Waals surface area contributed by atoms with Crippen molar-refractivity contribution in [1.29, 1.82) is 0 Å². The summed E-state index contributed by atoms with van der Waals surface area (Å²) < 4.78 is 41.6. The van der Waals surface area contributed by atoms with Gasteiger partial charge in [-0.1, -0.05) is 18.2 Å². The average molecular weight is 417 g/mol. The van der Waals surface area contributed by atoms with Crippen molar-refractivity contribution in [2.75, 3.05) is 5.32 Å². The van der Waals surface area contributed by atoms with E-state index in [1.54, 1.807) is 25.3 Å². The highest BCUT2D eigenvalue weighted by atomic mass is 32.1. The van der Waals surface area contributed by atoms with Gasteiger partial charge in [0.15, 0.2) is 11.5 Å². The molecule has 10 heteroatoms. The molecule has 4 rings (SSSR count). The zero-order valence-electron chi connectivity index (χ0n) is 15.3. The Balaban J connectivity index is 1.80. The summed E-state index contributed by atoms with van der Waals surface area (Å²) in [6, 6.07) is 6.77. The standard InChI is InChI=1S/C19H14F3N5OS/c1-10-7-14(12-5-3-4-6-13(12)19(20,21)22)26-27-16(8-23-17(10)27)25-18(28)15-9-29-11(2)24-15/h3-9H,1-2H3,(H,25,28). The third-order valence-electron chi connectivity index (χ3n) is 4.25. The van der Waals surface area contributed by atoms with Gasteiger partial charge in [0.25, 0.3) is 5.91 Å². The number of alkyl halides is 3. The number of carbonyl (C=O) groups excluding carboxylic acids is 1. The van der Waals surface area contributed by atoms with E-state index in [2.05, 4.69) is 20.4 Å². The van der Waals surface area contributed by atoms with Crippen molar-refractivity contribution >= 4 is 28.7 Å². The van der Waals surface area contributed by atoms with Crippen LogP contribution in [0.4, 0.5) is 19.0 Å². The smallest absolute Gasteiger partial charge is 0.304 e. The molecule has 4 aromatic rings. The van der Waals surface area contributed by atoms with Gasteiger partial charge < -0.3 is 5.32 Å². The molecule has 1 aromatic carbocycles. The molecule has 29 heavy (non-hydrogen) atoms. The molecule has 0 aliphatic heterocycles. The fraction of sp³-hybridized carbons (Fsp3) is 0.158. The summed E-state index contributed by atoms with van der Waals surface area (Å²) in [5.41, 5.74) is 0.597. The van der Waals surface area contributed by atoms with Gasteiger partial charge in [-0.2, -0.15) is 22.8 Å². The fourth-order valence-electron chi connectivity index (χ4n) is 2.94. The Kier molecular flexibility index (Phi) is 4.58. The monoisotopic (exact) mass is 417 g/mol. The summed E-state index contributed by atoms with van der Waals surface area (Å²) in [5, 5.41) is 9.35. The van der Waals surface area contributed by atoms with Gasteiger partial charge in [0, 0.05) is 10.9 Å². The molecule has 6 nitrogen and oxygen atoms in total. The molecule has 0 saturated carbocycles. The molecule has 0 unspecified atom stereocenters. The van der Waals surface area contributed by atoms with E-state index in [0.29, 0.717) is 11.2 Å². The van der Waals surface area contributed by atoms with E-state index in [0.717, 1.165) is 11.1 Å². The van der Waals surface area contributed by atoms with Crippen molar-refractivity contribution in [3.05, 3.63) is 63.7 Å². The zero-order valence-corrected chi connectivity index (χ0v) is 16.1. The van der Waals surface area contributed by atoms with Crippen LogP contribution in [0.5, 0.6) is 0 Å². The molecular formula is C19H14F3N5OS. The first kappa shape index (κ1) is 19.1. The normalized spacial score (nSPS) is 11.8. The topological polar surface area (TPSA) is 72.2 Å². The van der Waals surface area contributed by atoms with Crippen LogP contribution < -0.4 is 5.32 Å². The summed E-state index contributed by atoms with van der Waals surface area (Å²) >= 11 is 1.34. The molecule has 0 spiro atoms. The van der Waals surface area contributed by atoms with Crippen molar-refractivity contribution < 1.29 is 18.0 Å². The summed E-state index contributed by atoms with van der Waals surface area (Å²) in [4.78, 5) is 20.8. The van der Waals surface area contributed by atoms with Crippen molar-refractivity contribution in [2.24, 2.45) is 0 Å². The van der Waals surface area contributed by atoms with Gasteiger partial charge >= 0.3 is 6.18 Å². The van der Waals surface area contributed by atoms with Crippen molar-refractivity contribution in [1.82, 2.24) is 19.6 Å². The Morgan fingerprint density at radius 3 is 2.66 bits per heavy atom. The van der Waals surface area contributed by atoms with E-state index in [1.165, 1.54) is 40.2 Å². The first-order chi connectivity index (χ1) is 13.7. The number of rotatable bonds is 3. The molecule has 0 saturated heterocycles. The van der Waals surface area contributed by atoms with Crippen LogP contribution in [0, 0.1) is 13.8 Å². The fourth-order valence-corrected chi connectivity index (χ4v) is 3.53. The molecule has 0 atom stereocenters. The number of amides is 1. The van der Waals surface area contributed by atoms with Gasteiger partial charge in [0.2, 0.25) is 0 Å². The van der Waals surface area contributed by atoms with Crippen molar-refractivity contribution in [2.45, 2.75) is 20.0 Å². The maximum Gasteiger partial charge on any atom is 0.417 e. The lowest BCUT2D eigenvalue weighted by Crippen LogP contribution is -2.15. The quantitative estimate of drug-likeness (QED) is 0.523. The van der Waals surface area contributed by atoms with E-state index in [9.17, 15) is 18.0 Å². The predicted molar refractivity (Wildman–Crippen MR) is 103 cm³/mol. The van der Waals surface area contributed by atoms with Crippen LogP contribution in [0.25, 0.3) is 16.9 Å². The number of anilines is 1. The van der Waals surface area contributed by atoms with Crippen LogP contribution in [0.1, 0.15) is 26.6 Å². The molecule has 148 valence electrons. The molecule has 0 radical (unpaired) electrons. The van der Waals surface area contributed by atoms with E-state index in [-0.39, 0.29) is 22.8 Å². The minimum Gasteiger partial charge on any atom is -0.304 e. The SMILES string of the molecule is Cc1nc(C(=O)Nc2cnc3c(C)cc(-c4ccccc4C(F)(F)F)nn23)cs1. The number of thiazole rings is 1. The van der Waals surface area contributed by atoms with Gasteiger partial charge in [-0.3, -0.25) is 4.79 Å². The number of hydrogen-bond donors (Lipinski definition) is 1. The zero-order chi connectivity index (χ0) is 20.8. The number of fused-ring (bicyclic) bond motifs is 1. The van der Waals surface area contributed by atoms with E-state index in [4.69, 9.17) is 0 Å². The first-order valence-corrected chi connectivity index (χ1v) is 9.37. The number of benzene rings is 1. The molecule has 0 aliphatic rings. The Hall–Kier alpha value is -3.27. The van der Waals surface area contributed by atoms with E-state index >= 15 is 0 Å². The Bertz CT molecular complexity index is 1230. The molecule has 1 amide bonds. The highest BCUT2D eigenvalue weighted by molar-refractivity contribution is 7.09. The maximum absolute atomic E-state index is 13.4. The highest BCUT2D eigenvalue weighted by Crippen LogP contribution is 2.36. The van der Waals surface area contributed by atoms with Crippen LogP contribution in [-0.2, 0) is 6.18 Å². The Labute approximate surface area is 167 Å². The number of carbonyl (C=O) groups is 1. The molecule has 0 bridgehead atoms. The summed E-state index contributed by atoms with van der Waals surface area (Å²) in [6.07, 6.45) is -3.11. The Morgan fingerprint density at radius 2 is 1.97 bits per heavy atom. The number of halogens is 3. The van der Waals surface area contributed by atoms with Gasteiger partial charge in [-0.25, -0.2) is 9.97 Å². The second kappa shape index (κ2) is 6.96. The van der Waals surface area contributed by atoms with Crippen LogP contribution in [0.15, 0.2) is 41.9 Å². The maximum atomic E-state index is 13.4. The molecule has 1 N–H and O–H groups in total. The molecule has 0 fully saturated rings. The van der Waals surface area contributed by atoms with Crippen LogP contribution in [-0.4, -0.2) is 25.5 Å². The minimum absolute atomic E-state index is 0.0499. The van der Waals surface area contributed by atoms with Gasteiger partial charge in [0.05, 0.1) is 22.5 Å². The first-order valence-electron chi connectivity index (χ1n) is 8.49. The minimum atomic E-state index is -4.52.